The molecule has 0 aliphatic carbocycles. The van der Waals surface area contributed by atoms with Crippen molar-refractivity contribution in [2.45, 2.75) is 19.1 Å². The van der Waals surface area contributed by atoms with Gasteiger partial charge in [-0.05, 0) is 11.1 Å². The minimum atomic E-state index is -0.810. The van der Waals surface area contributed by atoms with Crippen molar-refractivity contribution in [3.8, 4) is 0 Å². The largest absolute Gasteiger partial charge is 0.481 e. The Kier molecular flexibility index (Phi) is 3.54. The molecule has 1 aliphatic heterocycles. The number of carboxylic acids is 1. The molecule has 0 bridgehead atoms. The summed E-state index contributed by atoms with van der Waals surface area (Å²) in [4.78, 5) is 10.5. The zero-order valence-electron chi connectivity index (χ0n) is 8.89. The highest BCUT2D eigenvalue weighted by atomic mass is 16.6. The summed E-state index contributed by atoms with van der Waals surface area (Å²) in [6.45, 7) is 1.91. The molecule has 0 atom stereocenters. The van der Waals surface area contributed by atoms with Gasteiger partial charge >= 0.3 is 5.97 Å². The van der Waals surface area contributed by atoms with E-state index in [9.17, 15) is 4.79 Å². The number of aliphatic carboxylic acids is 1. The number of rotatable bonds is 5. The summed E-state index contributed by atoms with van der Waals surface area (Å²) in [6.07, 6.45) is 0.288. The first kappa shape index (κ1) is 11.1. The van der Waals surface area contributed by atoms with Gasteiger partial charge in [0.1, 0.15) is 6.10 Å². The first-order valence-electron chi connectivity index (χ1n) is 5.23. The van der Waals surface area contributed by atoms with E-state index in [0.717, 1.165) is 11.1 Å². The SMILES string of the molecule is O=C(O)Cc1ccc(COC2COC2)cc1. The number of hydrogen-bond donors (Lipinski definition) is 1. The second-order valence-corrected chi connectivity index (χ2v) is 3.86. The summed E-state index contributed by atoms with van der Waals surface area (Å²) in [5.41, 5.74) is 1.87. The van der Waals surface area contributed by atoms with Crippen LogP contribution < -0.4 is 0 Å². The fourth-order valence-corrected chi connectivity index (χ4v) is 1.45. The van der Waals surface area contributed by atoms with E-state index in [4.69, 9.17) is 14.6 Å². The van der Waals surface area contributed by atoms with Crippen LogP contribution in [0.1, 0.15) is 11.1 Å². The van der Waals surface area contributed by atoms with Gasteiger partial charge in [0.2, 0.25) is 0 Å². The Labute approximate surface area is 93.8 Å². The summed E-state index contributed by atoms with van der Waals surface area (Å²) < 4.78 is 10.5. The first-order valence-corrected chi connectivity index (χ1v) is 5.23. The second-order valence-electron chi connectivity index (χ2n) is 3.86. The molecular formula is C12H14O4. The molecule has 1 aliphatic rings. The third kappa shape index (κ3) is 3.05. The van der Waals surface area contributed by atoms with Crippen LogP contribution in [-0.2, 0) is 27.3 Å². The number of benzene rings is 1. The van der Waals surface area contributed by atoms with Crippen LogP contribution in [0.2, 0.25) is 0 Å². The molecule has 0 amide bonds. The van der Waals surface area contributed by atoms with Gasteiger partial charge in [-0.1, -0.05) is 24.3 Å². The van der Waals surface area contributed by atoms with E-state index >= 15 is 0 Å². The molecule has 4 heteroatoms. The third-order valence-corrected chi connectivity index (χ3v) is 2.47. The maximum atomic E-state index is 10.5. The van der Waals surface area contributed by atoms with Crippen molar-refractivity contribution < 1.29 is 19.4 Å². The smallest absolute Gasteiger partial charge is 0.307 e. The second kappa shape index (κ2) is 5.09. The van der Waals surface area contributed by atoms with Crippen LogP contribution in [0.15, 0.2) is 24.3 Å². The Morgan fingerprint density at radius 2 is 1.94 bits per heavy atom. The minimum absolute atomic E-state index is 0.0671. The van der Waals surface area contributed by atoms with E-state index in [-0.39, 0.29) is 12.5 Å². The maximum Gasteiger partial charge on any atom is 0.307 e. The van der Waals surface area contributed by atoms with Crippen LogP contribution in [0.3, 0.4) is 0 Å². The lowest BCUT2D eigenvalue weighted by molar-refractivity contribution is -0.136. The highest BCUT2D eigenvalue weighted by molar-refractivity contribution is 5.70. The van der Waals surface area contributed by atoms with Crippen molar-refractivity contribution in [3.63, 3.8) is 0 Å². The fraction of sp³-hybridized carbons (Fsp3) is 0.417. The topological polar surface area (TPSA) is 55.8 Å². The molecule has 0 unspecified atom stereocenters. The maximum absolute atomic E-state index is 10.5. The summed E-state index contributed by atoms with van der Waals surface area (Å²) in [6, 6.07) is 7.45. The van der Waals surface area contributed by atoms with E-state index in [1.165, 1.54) is 0 Å². The van der Waals surface area contributed by atoms with Gasteiger partial charge in [0.25, 0.3) is 0 Å². The van der Waals surface area contributed by atoms with E-state index in [1.54, 1.807) is 0 Å². The highest BCUT2D eigenvalue weighted by Crippen LogP contribution is 2.11. The number of carboxylic acid groups (broad SMARTS) is 1. The van der Waals surface area contributed by atoms with Crippen LogP contribution in [0.5, 0.6) is 0 Å². The Morgan fingerprint density at radius 1 is 1.31 bits per heavy atom. The quantitative estimate of drug-likeness (QED) is 0.814. The zero-order chi connectivity index (χ0) is 11.4. The number of carbonyl (C=O) groups is 1. The van der Waals surface area contributed by atoms with Crippen molar-refractivity contribution in [1.82, 2.24) is 0 Å². The van der Waals surface area contributed by atoms with Gasteiger partial charge in [-0.2, -0.15) is 0 Å². The standard InChI is InChI=1S/C12H14O4/c13-12(14)5-9-1-3-10(4-2-9)6-16-11-7-15-8-11/h1-4,11H,5-8H2,(H,13,14). The molecule has 86 valence electrons. The predicted molar refractivity (Wildman–Crippen MR) is 57.2 cm³/mol. The average Bonchev–Trinajstić information content (AvgIpc) is 2.17. The Morgan fingerprint density at radius 3 is 2.44 bits per heavy atom. The molecule has 1 aromatic rings. The molecule has 1 N–H and O–H groups in total. The van der Waals surface area contributed by atoms with E-state index in [2.05, 4.69) is 0 Å². The molecule has 4 nitrogen and oxygen atoms in total. The first-order chi connectivity index (χ1) is 7.74. The molecule has 0 aromatic heterocycles. The molecule has 16 heavy (non-hydrogen) atoms. The monoisotopic (exact) mass is 222 g/mol. The lowest BCUT2D eigenvalue weighted by Crippen LogP contribution is -2.35. The predicted octanol–water partition coefficient (Wildman–Crippen LogP) is 1.23. The molecular weight excluding hydrogens is 208 g/mol. The van der Waals surface area contributed by atoms with Crippen molar-refractivity contribution in [2.75, 3.05) is 13.2 Å². The van der Waals surface area contributed by atoms with Gasteiger partial charge in [-0.15, -0.1) is 0 Å². The Balaban J connectivity index is 1.83. The third-order valence-electron chi connectivity index (χ3n) is 2.47. The lowest BCUT2D eigenvalue weighted by Gasteiger charge is -2.25. The lowest BCUT2D eigenvalue weighted by atomic mass is 10.1. The molecule has 1 aromatic carbocycles. The highest BCUT2D eigenvalue weighted by Gasteiger charge is 2.18. The molecule has 1 heterocycles. The Hall–Kier alpha value is -1.39. The zero-order valence-corrected chi connectivity index (χ0v) is 8.89. The van der Waals surface area contributed by atoms with Crippen molar-refractivity contribution in [1.29, 1.82) is 0 Å². The normalized spacial score (nSPS) is 15.8. The van der Waals surface area contributed by atoms with Crippen molar-refractivity contribution in [3.05, 3.63) is 35.4 Å². The van der Waals surface area contributed by atoms with Crippen molar-refractivity contribution in [2.24, 2.45) is 0 Å². The van der Waals surface area contributed by atoms with Gasteiger partial charge in [0.15, 0.2) is 0 Å². The van der Waals surface area contributed by atoms with Crippen LogP contribution in [0.25, 0.3) is 0 Å². The van der Waals surface area contributed by atoms with E-state index in [0.29, 0.717) is 19.8 Å². The Bertz CT molecular complexity index is 354. The number of hydrogen-bond acceptors (Lipinski definition) is 3. The van der Waals surface area contributed by atoms with Crippen LogP contribution in [0.4, 0.5) is 0 Å². The molecule has 0 radical (unpaired) electrons. The van der Waals surface area contributed by atoms with Gasteiger partial charge < -0.3 is 14.6 Å². The van der Waals surface area contributed by atoms with Crippen molar-refractivity contribution >= 4 is 5.97 Å². The van der Waals surface area contributed by atoms with E-state index < -0.39 is 5.97 Å². The van der Waals surface area contributed by atoms with E-state index in [1.807, 2.05) is 24.3 Å². The summed E-state index contributed by atoms with van der Waals surface area (Å²) in [5, 5.41) is 8.61. The molecule has 0 spiro atoms. The van der Waals surface area contributed by atoms with Crippen LogP contribution in [0, 0.1) is 0 Å². The van der Waals surface area contributed by atoms with Gasteiger partial charge in [0.05, 0.1) is 26.2 Å². The molecule has 1 saturated heterocycles. The molecule has 2 rings (SSSR count). The van der Waals surface area contributed by atoms with Crippen LogP contribution >= 0.6 is 0 Å². The average molecular weight is 222 g/mol. The molecule has 0 saturated carbocycles. The minimum Gasteiger partial charge on any atom is -0.481 e. The fourth-order valence-electron chi connectivity index (χ4n) is 1.45. The number of ether oxygens (including phenoxy) is 2. The summed E-state index contributed by atoms with van der Waals surface area (Å²) in [7, 11) is 0. The van der Waals surface area contributed by atoms with Gasteiger partial charge in [-0.25, -0.2) is 0 Å². The van der Waals surface area contributed by atoms with Gasteiger partial charge in [0, 0.05) is 0 Å². The van der Waals surface area contributed by atoms with Gasteiger partial charge in [-0.3, -0.25) is 4.79 Å². The summed E-state index contributed by atoms with van der Waals surface area (Å²) in [5.74, 6) is -0.810. The molecule has 1 fully saturated rings. The summed E-state index contributed by atoms with van der Waals surface area (Å²) >= 11 is 0. The van der Waals surface area contributed by atoms with Crippen LogP contribution in [-0.4, -0.2) is 30.4 Å².